The lowest BCUT2D eigenvalue weighted by Gasteiger charge is -2.15. The number of rotatable bonds is 4. The summed E-state index contributed by atoms with van der Waals surface area (Å²) in [6.45, 7) is 1.46. The summed E-state index contributed by atoms with van der Waals surface area (Å²) < 4.78 is 33.9. The summed E-state index contributed by atoms with van der Waals surface area (Å²) >= 11 is 0. The number of nitro groups is 1. The van der Waals surface area contributed by atoms with E-state index in [0.717, 1.165) is 0 Å². The maximum absolute atomic E-state index is 12.7. The molecule has 1 saturated heterocycles. The fourth-order valence-electron chi connectivity index (χ4n) is 2.28. The first-order valence-electron chi connectivity index (χ1n) is 6.02. The van der Waals surface area contributed by atoms with Crippen LogP contribution in [0.2, 0.25) is 0 Å². The lowest BCUT2D eigenvalue weighted by atomic mass is 10.1. The molecular formula is C11H12FN3O5S. The van der Waals surface area contributed by atoms with Crippen molar-refractivity contribution >= 4 is 27.6 Å². The first-order valence-corrected chi connectivity index (χ1v) is 7.57. The smallest absolute Gasteiger partial charge is 0.296 e. The maximum atomic E-state index is 12.7. The normalized spacial score (nSPS) is 19.0. The minimum absolute atomic E-state index is 0.0201. The predicted molar refractivity (Wildman–Crippen MR) is 71.0 cm³/mol. The topological polar surface area (TPSA) is 110 Å². The van der Waals surface area contributed by atoms with Crippen molar-refractivity contribution < 1.29 is 22.0 Å². The molecule has 21 heavy (non-hydrogen) atoms. The molecule has 1 amide bonds. The van der Waals surface area contributed by atoms with Gasteiger partial charge in [0.15, 0.2) is 0 Å². The molecule has 8 nitrogen and oxygen atoms in total. The highest BCUT2D eigenvalue weighted by atomic mass is 32.3. The molecule has 2 rings (SSSR count). The summed E-state index contributed by atoms with van der Waals surface area (Å²) in [4.78, 5) is 27.1. The van der Waals surface area contributed by atoms with Gasteiger partial charge in [0.2, 0.25) is 5.91 Å². The van der Waals surface area contributed by atoms with Gasteiger partial charge in [0.05, 0.1) is 10.7 Å². The molecule has 1 aliphatic rings. The van der Waals surface area contributed by atoms with Gasteiger partial charge in [-0.1, -0.05) is 0 Å². The Morgan fingerprint density at radius 1 is 1.52 bits per heavy atom. The number of carbonyl (C=O) groups excluding carboxylic acids is 1. The van der Waals surface area contributed by atoms with Crippen LogP contribution in [0.5, 0.6) is 0 Å². The molecule has 0 spiro atoms. The van der Waals surface area contributed by atoms with Gasteiger partial charge in [-0.25, -0.2) is 4.98 Å². The molecule has 114 valence electrons. The number of pyridine rings is 1. The molecule has 0 aromatic carbocycles. The zero-order valence-electron chi connectivity index (χ0n) is 11.0. The summed E-state index contributed by atoms with van der Waals surface area (Å²) in [6, 6.07) is 2.54. The van der Waals surface area contributed by atoms with Crippen LogP contribution in [0.3, 0.4) is 0 Å². The molecule has 1 aromatic rings. The van der Waals surface area contributed by atoms with Crippen molar-refractivity contribution in [2.75, 3.05) is 17.2 Å². The van der Waals surface area contributed by atoms with Gasteiger partial charge in [-0.05, 0) is 13.0 Å². The summed E-state index contributed by atoms with van der Waals surface area (Å²) in [5.41, 5.74) is -0.0276. The van der Waals surface area contributed by atoms with Crippen LogP contribution in [-0.4, -0.2) is 36.5 Å². The number of aryl methyl sites for hydroxylation is 1. The molecule has 0 radical (unpaired) electrons. The minimum atomic E-state index is -4.65. The average molecular weight is 317 g/mol. The Bertz CT molecular complexity index is 706. The van der Waals surface area contributed by atoms with Crippen molar-refractivity contribution in [3.8, 4) is 0 Å². The van der Waals surface area contributed by atoms with Gasteiger partial charge < -0.3 is 0 Å². The van der Waals surface area contributed by atoms with Crippen molar-refractivity contribution in [2.45, 2.75) is 13.3 Å². The van der Waals surface area contributed by atoms with Gasteiger partial charge in [0.1, 0.15) is 11.5 Å². The minimum Gasteiger partial charge on any atom is -0.296 e. The van der Waals surface area contributed by atoms with E-state index in [1.807, 2.05) is 0 Å². The average Bonchev–Trinajstić information content (AvgIpc) is 2.66. The first-order chi connectivity index (χ1) is 9.67. The number of carbonyl (C=O) groups is 1. The van der Waals surface area contributed by atoms with Crippen LogP contribution >= 0.6 is 0 Å². The van der Waals surface area contributed by atoms with Crippen molar-refractivity contribution in [3.63, 3.8) is 0 Å². The van der Waals surface area contributed by atoms with Crippen LogP contribution in [0.25, 0.3) is 0 Å². The van der Waals surface area contributed by atoms with Gasteiger partial charge in [0, 0.05) is 24.9 Å². The standard InChI is InChI=1S/C11H12FN3O5S/c1-7-9(15(17)18)2-3-10(13-7)14-5-8(4-11(14)16)6-21(12,19)20/h2-3,8H,4-6H2,1H3. The Labute approximate surface area is 119 Å². The number of hydrogen-bond acceptors (Lipinski definition) is 6. The molecule has 0 saturated carbocycles. The first kappa shape index (κ1) is 15.3. The third kappa shape index (κ3) is 3.51. The van der Waals surface area contributed by atoms with Gasteiger partial charge in [-0.3, -0.25) is 19.8 Å². The highest BCUT2D eigenvalue weighted by molar-refractivity contribution is 7.86. The molecule has 1 atom stereocenters. The third-order valence-corrected chi connectivity index (χ3v) is 4.03. The van der Waals surface area contributed by atoms with E-state index in [1.54, 1.807) is 0 Å². The second-order valence-corrected chi connectivity index (χ2v) is 6.22. The predicted octanol–water partition coefficient (Wildman–Crippen LogP) is 0.950. The third-order valence-electron chi connectivity index (χ3n) is 3.16. The Balaban J connectivity index is 2.21. The van der Waals surface area contributed by atoms with Crippen LogP contribution in [0, 0.1) is 23.0 Å². The highest BCUT2D eigenvalue weighted by Gasteiger charge is 2.34. The van der Waals surface area contributed by atoms with Gasteiger partial charge in [-0.2, -0.15) is 8.42 Å². The summed E-state index contributed by atoms with van der Waals surface area (Å²) in [5.74, 6) is -1.56. The zero-order chi connectivity index (χ0) is 15.8. The van der Waals surface area contributed by atoms with Crippen LogP contribution < -0.4 is 4.90 Å². The van der Waals surface area contributed by atoms with Crippen LogP contribution in [0.1, 0.15) is 12.1 Å². The molecular weight excluding hydrogens is 305 g/mol. The van der Waals surface area contributed by atoms with Crippen molar-refractivity contribution in [3.05, 3.63) is 27.9 Å². The molecule has 10 heteroatoms. The SMILES string of the molecule is Cc1nc(N2CC(CS(=O)(=O)F)CC2=O)ccc1[N+](=O)[O-]. The van der Waals surface area contributed by atoms with E-state index in [-0.39, 0.29) is 36.1 Å². The van der Waals surface area contributed by atoms with E-state index in [9.17, 15) is 27.2 Å². The second-order valence-electron chi connectivity index (χ2n) is 4.81. The van der Waals surface area contributed by atoms with E-state index < -0.39 is 26.8 Å². The Morgan fingerprint density at radius 2 is 2.19 bits per heavy atom. The van der Waals surface area contributed by atoms with E-state index in [0.29, 0.717) is 0 Å². The molecule has 0 aliphatic carbocycles. The summed E-state index contributed by atoms with van der Waals surface area (Å²) in [5, 5.41) is 10.7. The fourth-order valence-corrected chi connectivity index (χ4v) is 3.07. The van der Waals surface area contributed by atoms with Crippen molar-refractivity contribution in [2.24, 2.45) is 5.92 Å². The molecule has 0 bridgehead atoms. The number of halogens is 1. The van der Waals surface area contributed by atoms with E-state index >= 15 is 0 Å². The Kier molecular flexibility index (Phi) is 3.90. The van der Waals surface area contributed by atoms with Crippen molar-refractivity contribution in [1.29, 1.82) is 0 Å². The van der Waals surface area contributed by atoms with E-state index in [4.69, 9.17) is 0 Å². The molecule has 2 heterocycles. The molecule has 1 fully saturated rings. The monoisotopic (exact) mass is 317 g/mol. The van der Waals surface area contributed by atoms with Gasteiger partial charge in [0.25, 0.3) is 5.69 Å². The zero-order valence-corrected chi connectivity index (χ0v) is 11.8. The quantitative estimate of drug-likeness (QED) is 0.464. The number of anilines is 1. The lowest BCUT2D eigenvalue weighted by molar-refractivity contribution is -0.385. The van der Waals surface area contributed by atoms with E-state index in [2.05, 4.69) is 4.98 Å². The van der Waals surface area contributed by atoms with Gasteiger partial charge in [-0.15, -0.1) is 3.89 Å². The largest absolute Gasteiger partial charge is 0.302 e. The molecule has 1 aromatic heterocycles. The van der Waals surface area contributed by atoms with Crippen LogP contribution in [0.15, 0.2) is 12.1 Å². The number of hydrogen-bond donors (Lipinski definition) is 0. The number of aromatic nitrogens is 1. The van der Waals surface area contributed by atoms with Crippen molar-refractivity contribution in [1.82, 2.24) is 4.98 Å². The van der Waals surface area contributed by atoms with E-state index in [1.165, 1.54) is 24.0 Å². The van der Waals surface area contributed by atoms with Crippen LogP contribution in [0.4, 0.5) is 15.4 Å². The summed E-state index contributed by atoms with van der Waals surface area (Å²) in [6.07, 6.45) is -0.0964. The Hall–Kier alpha value is -2.10. The molecule has 1 aliphatic heterocycles. The summed E-state index contributed by atoms with van der Waals surface area (Å²) in [7, 11) is -4.65. The number of nitrogens with zero attached hydrogens (tertiary/aromatic N) is 3. The van der Waals surface area contributed by atoms with Crippen LogP contribution in [-0.2, 0) is 15.0 Å². The Morgan fingerprint density at radius 3 is 2.71 bits per heavy atom. The maximum Gasteiger partial charge on any atom is 0.302 e. The van der Waals surface area contributed by atoms with Gasteiger partial charge >= 0.3 is 10.2 Å². The molecule has 0 N–H and O–H groups in total. The fraction of sp³-hybridized carbons (Fsp3) is 0.455. The second kappa shape index (κ2) is 5.35. The molecule has 1 unspecified atom stereocenters. The lowest BCUT2D eigenvalue weighted by Crippen LogP contribution is -2.26. The number of amides is 1. The highest BCUT2D eigenvalue weighted by Crippen LogP contribution is 2.27.